The van der Waals surface area contributed by atoms with Crippen molar-refractivity contribution in [2.45, 2.75) is 57.0 Å². The molecule has 0 spiro atoms. The second-order valence-corrected chi connectivity index (χ2v) is 6.35. The second kappa shape index (κ2) is 7.03. The summed E-state index contributed by atoms with van der Waals surface area (Å²) in [5.74, 6) is 1.98. The maximum Gasteiger partial charge on any atom is 0.220 e. The molecule has 4 heteroatoms. The molecule has 1 aliphatic heterocycles. The van der Waals surface area contributed by atoms with Gasteiger partial charge in [-0.3, -0.25) is 4.79 Å². The van der Waals surface area contributed by atoms with Gasteiger partial charge < -0.3 is 14.8 Å². The number of amides is 1. The Kier molecular flexibility index (Phi) is 4.86. The Balaban J connectivity index is 1.76. The quantitative estimate of drug-likeness (QED) is 0.867. The minimum absolute atomic E-state index is 0.132. The van der Waals surface area contributed by atoms with E-state index in [0.717, 1.165) is 29.9 Å². The first-order chi connectivity index (χ1) is 10.8. The van der Waals surface area contributed by atoms with Gasteiger partial charge in [0.2, 0.25) is 5.91 Å². The van der Waals surface area contributed by atoms with Gasteiger partial charge in [-0.25, -0.2) is 0 Å². The summed E-state index contributed by atoms with van der Waals surface area (Å²) in [4.78, 5) is 11.4. The molecule has 4 nitrogen and oxygen atoms in total. The van der Waals surface area contributed by atoms with Gasteiger partial charge in [0.05, 0.1) is 13.2 Å². The molecule has 1 aliphatic carbocycles. The Hall–Kier alpha value is -1.71. The lowest BCUT2D eigenvalue weighted by atomic mass is 9.98. The van der Waals surface area contributed by atoms with E-state index in [1.165, 1.54) is 25.7 Å². The van der Waals surface area contributed by atoms with Crippen LogP contribution in [0.1, 0.15) is 56.4 Å². The molecular weight excluding hydrogens is 278 g/mol. The number of benzene rings is 1. The maximum absolute atomic E-state index is 11.4. The fourth-order valence-corrected chi connectivity index (χ4v) is 3.42. The lowest BCUT2D eigenvalue weighted by molar-refractivity contribution is -0.119. The number of carbonyl (C=O) groups is 1. The van der Waals surface area contributed by atoms with Crippen LogP contribution >= 0.6 is 0 Å². The topological polar surface area (TPSA) is 47.6 Å². The largest absolute Gasteiger partial charge is 0.493 e. The number of rotatable bonds is 4. The molecule has 0 bridgehead atoms. The molecule has 22 heavy (non-hydrogen) atoms. The van der Waals surface area contributed by atoms with Gasteiger partial charge in [-0.05, 0) is 43.4 Å². The Morgan fingerprint density at radius 3 is 2.50 bits per heavy atom. The average Bonchev–Trinajstić information content (AvgIpc) is 2.80. The first-order valence-electron chi connectivity index (χ1n) is 8.37. The second-order valence-electron chi connectivity index (χ2n) is 6.35. The first kappa shape index (κ1) is 15.2. The third-order valence-electron chi connectivity index (χ3n) is 4.73. The van der Waals surface area contributed by atoms with Gasteiger partial charge in [0.25, 0.3) is 0 Å². The minimum Gasteiger partial charge on any atom is -0.493 e. The van der Waals surface area contributed by atoms with Crippen molar-refractivity contribution >= 4 is 5.91 Å². The Morgan fingerprint density at radius 2 is 1.86 bits per heavy atom. The van der Waals surface area contributed by atoms with Gasteiger partial charge in [0.1, 0.15) is 0 Å². The van der Waals surface area contributed by atoms with E-state index in [2.05, 4.69) is 11.4 Å². The van der Waals surface area contributed by atoms with Gasteiger partial charge in [-0.1, -0.05) is 18.9 Å². The Labute approximate surface area is 132 Å². The molecule has 1 aromatic carbocycles. The molecule has 120 valence electrons. The summed E-state index contributed by atoms with van der Waals surface area (Å²) in [6.45, 7) is 0.716. The van der Waals surface area contributed by atoms with Crippen molar-refractivity contribution in [2.24, 2.45) is 0 Å². The molecule has 1 atom stereocenters. The fraction of sp³-hybridized carbons (Fsp3) is 0.611. The third-order valence-corrected chi connectivity index (χ3v) is 4.73. The zero-order chi connectivity index (χ0) is 15.4. The first-order valence-corrected chi connectivity index (χ1v) is 8.37. The van der Waals surface area contributed by atoms with Crippen LogP contribution in [0.15, 0.2) is 18.2 Å². The van der Waals surface area contributed by atoms with Crippen LogP contribution < -0.4 is 14.8 Å². The van der Waals surface area contributed by atoms with Crippen LogP contribution in [0.25, 0.3) is 0 Å². The molecule has 2 fully saturated rings. The van der Waals surface area contributed by atoms with E-state index in [-0.39, 0.29) is 17.9 Å². The third kappa shape index (κ3) is 3.54. The van der Waals surface area contributed by atoms with E-state index < -0.39 is 0 Å². The van der Waals surface area contributed by atoms with Crippen LogP contribution in [0.5, 0.6) is 11.5 Å². The van der Waals surface area contributed by atoms with Crippen LogP contribution in [-0.2, 0) is 4.79 Å². The molecule has 1 heterocycles. The standard InChI is InChI=1S/C18H25NO3/c1-21-16-9-8-13(14-11-18(20)19-12-14)10-17(16)22-15-6-4-2-3-5-7-15/h8-10,14-15H,2-7,11-12H2,1H3,(H,19,20). The number of methoxy groups -OCH3 is 1. The molecule has 1 unspecified atom stereocenters. The smallest absolute Gasteiger partial charge is 0.220 e. The lowest BCUT2D eigenvalue weighted by Gasteiger charge is -2.20. The van der Waals surface area contributed by atoms with Crippen LogP contribution in [-0.4, -0.2) is 25.7 Å². The zero-order valence-corrected chi connectivity index (χ0v) is 13.3. The van der Waals surface area contributed by atoms with E-state index in [1.807, 2.05) is 12.1 Å². The fourth-order valence-electron chi connectivity index (χ4n) is 3.42. The van der Waals surface area contributed by atoms with E-state index in [0.29, 0.717) is 13.0 Å². The zero-order valence-electron chi connectivity index (χ0n) is 13.3. The Morgan fingerprint density at radius 1 is 1.09 bits per heavy atom. The van der Waals surface area contributed by atoms with E-state index in [9.17, 15) is 4.79 Å². The molecule has 3 rings (SSSR count). The van der Waals surface area contributed by atoms with E-state index >= 15 is 0 Å². The number of hydrogen-bond donors (Lipinski definition) is 1. The number of nitrogens with one attached hydrogen (secondary N) is 1. The molecular formula is C18H25NO3. The van der Waals surface area contributed by atoms with Crippen molar-refractivity contribution in [3.05, 3.63) is 23.8 Å². The summed E-state index contributed by atoms with van der Waals surface area (Å²) in [7, 11) is 1.68. The van der Waals surface area contributed by atoms with Crippen LogP contribution in [0.3, 0.4) is 0 Å². The summed E-state index contributed by atoms with van der Waals surface area (Å²) in [6.07, 6.45) is 8.21. The van der Waals surface area contributed by atoms with Crippen molar-refractivity contribution in [3.63, 3.8) is 0 Å². The average molecular weight is 303 g/mol. The number of ether oxygens (including phenoxy) is 2. The molecule has 2 aliphatic rings. The van der Waals surface area contributed by atoms with E-state index in [4.69, 9.17) is 9.47 Å². The molecule has 1 saturated carbocycles. The van der Waals surface area contributed by atoms with Gasteiger partial charge in [-0.15, -0.1) is 0 Å². The highest BCUT2D eigenvalue weighted by Crippen LogP contribution is 2.35. The predicted octanol–water partition coefficient (Wildman–Crippen LogP) is 3.40. The minimum atomic E-state index is 0.132. The normalized spacial score (nSPS) is 23.0. The van der Waals surface area contributed by atoms with Gasteiger partial charge in [0.15, 0.2) is 11.5 Å². The van der Waals surface area contributed by atoms with Crippen LogP contribution in [0, 0.1) is 0 Å². The van der Waals surface area contributed by atoms with Gasteiger partial charge >= 0.3 is 0 Å². The highest BCUT2D eigenvalue weighted by molar-refractivity contribution is 5.79. The van der Waals surface area contributed by atoms with Crippen molar-refractivity contribution in [1.29, 1.82) is 0 Å². The van der Waals surface area contributed by atoms with Crippen molar-refractivity contribution in [2.75, 3.05) is 13.7 Å². The SMILES string of the molecule is COc1ccc(C2CNC(=O)C2)cc1OC1CCCCCC1. The van der Waals surface area contributed by atoms with Crippen LogP contribution in [0.2, 0.25) is 0 Å². The molecule has 0 radical (unpaired) electrons. The molecule has 1 N–H and O–H groups in total. The summed E-state index contributed by atoms with van der Waals surface area (Å²) in [5.41, 5.74) is 1.16. The van der Waals surface area contributed by atoms with Crippen molar-refractivity contribution in [3.8, 4) is 11.5 Å². The number of carbonyl (C=O) groups excluding carboxylic acids is 1. The monoisotopic (exact) mass is 303 g/mol. The van der Waals surface area contributed by atoms with Crippen LogP contribution in [0.4, 0.5) is 0 Å². The van der Waals surface area contributed by atoms with Gasteiger partial charge in [0, 0.05) is 18.9 Å². The summed E-state index contributed by atoms with van der Waals surface area (Å²) < 4.78 is 11.7. The number of hydrogen-bond acceptors (Lipinski definition) is 3. The summed E-state index contributed by atoms with van der Waals surface area (Å²) in [6, 6.07) is 6.07. The highest BCUT2D eigenvalue weighted by Gasteiger charge is 2.24. The van der Waals surface area contributed by atoms with Crippen molar-refractivity contribution < 1.29 is 14.3 Å². The predicted molar refractivity (Wildman–Crippen MR) is 85.5 cm³/mol. The molecule has 1 saturated heterocycles. The summed E-state index contributed by atoms with van der Waals surface area (Å²) in [5, 5.41) is 2.89. The molecule has 0 aromatic heterocycles. The Bertz CT molecular complexity index is 521. The molecule has 1 aromatic rings. The maximum atomic E-state index is 11.4. The lowest BCUT2D eigenvalue weighted by Crippen LogP contribution is -2.16. The van der Waals surface area contributed by atoms with Crippen molar-refractivity contribution in [1.82, 2.24) is 5.32 Å². The van der Waals surface area contributed by atoms with Gasteiger partial charge in [-0.2, -0.15) is 0 Å². The molecule has 1 amide bonds. The van der Waals surface area contributed by atoms with E-state index in [1.54, 1.807) is 7.11 Å². The summed E-state index contributed by atoms with van der Waals surface area (Å²) >= 11 is 0. The highest BCUT2D eigenvalue weighted by atomic mass is 16.5.